The van der Waals surface area contributed by atoms with Gasteiger partial charge in [0.25, 0.3) is 5.91 Å². The molecule has 6 heteroatoms. The van der Waals surface area contributed by atoms with Crippen molar-refractivity contribution in [2.45, 2.75) is 6.92 Å². The zero-order valence-corrected chi connectivity index (χ0v) is 11.9. The van der Waals surface area contributed by atoms with Crippen LogP contribution in [0.1, 0.15) is 17.3 Å². The lowest BCUT2D eigenvalue weighted by atomic mass is 10.2. The van der Waals surface area contributed by atoms with Crippen LogP contribution in [0.4, 0.5) is 5.82 Å². The van der Waals surface area contributed by atoms with Gasteiger partial charge in [0, 0.05) is 38.9 Å². The van der Waals surface area contributed by atoms with Crippen molar-refractivity contribution in [3.05, 3.63) is 23.9 Å². The van der Waals surface area contributed by atoms with Crippen LogP contribution in [-0.2, 0) is 4.74 Å². The van der Waals surface area contributed by atoms with E-state index in [0.717, 1.165) is 45.2 Å². The quantitative estimate of drug-likeness (QED) is 0.796. The van der Waals surface area contributed by atoms with Crippen molar-refractivity contribution < 1.29 is 9.53 Å². The monoisotopic (exact) mass is 278 g/mol. The lowest BCUT2D eigenvalue weighted by molar-refractivity contribution is 0.0383. The van der Waals surface area contributed by atoms with E-state index in [0.29, 0.717) is 12.1 Å². The van der Waals surface area contributed by atoms with Gasteiger partial charge in [-0.25, -0.2) is 4.98 Å². The summed E-state index contributed by atoms with van der Waals surface area (Å²) >= 11 is 0. The van der Waals surface area contributed by atoms with Gasteiger partial charge in [0.2, 0.25) is 0 Å². The number of carbonyl (C=O) groups excluding carboxylic acids is 1. The minimum atomic E-state index is -0.0752. The first-order valence-corrected chi connectivity index (χ1v) is 7.08. The highest BCUT2D eigenvalue weighted by molar-refractivity contribution is 5.94. The molecule has 6 nitrogen and oxygen atoms in total. The van der Waals surface area contributed by atoms with Gasteiger partial charge in [0.05, 0.1) is 18.8 Å². The Labute approximate surface area is 119 Å². The van der Waals surface area contributed by atoms with Crippen molar-refractivity contribution in [2.24, 2.45) is 0 Å². The first-order chi connectivity index (χ1) is 9.79. The molecule has 0 aliphatic carbocycles. The molecule has 1 saturated heterocycles. The number of pyridine rings is 1. The summed E-state index contributed by atoms with van der Waals surface area (Å²) in [6.45, 7) is 7.77. The molecule has 0 spiro atoms. The van der Waals surface area contributed by atoms with Gasteiger partial charge in [-0.15, -0.1) is 0 Å². The molecule has 0 unspecified atom stereocenters. The van der Waals surface area contributed by atoms with Crippen molar-refractivity contribution in [3.8, 4) is 0 Å². The lowest BCUT2D eigenvalue weighted by Gasteiger charge is -2.26. The van der Waals surface area contributed by atoms with E-state index >= 15 is 0 Å². The average molecular weight is 278 g/mol. The molecule has 0 saturated carbocycles. The molecular weight excluding hydrogens is 256 g/mol. The molecule has 1 aromatic heterocycles. The third-order valence-electron chi connectivity index (χ3n) is 3.20. The van der Waals surface area contributed by atoms with E-state index in [1.165, 1.54) is 0 Å². The van der Waals surface area contributed by atoms with Gasteiger partial charge in [-0.1, -0.05) is 0 Å². The fourth-order valence-electron chi connectivity index (χ4n) is 2.07. The number of nitrogens with zero attached hydrogens (tertiary/aromatic N) is 2. The second kappa shape index (κ2) is 7.81. The molecule has 0 aromatic carbocycles. The first-order valence-electron chi connectivity index (χ1n) is 7.08. The number of rotatable bonds is 6. The third kappa shape index (κ3) is 4.47. The Morgan fingerprint density at radius 3 is 2.85 bits per heavy atom. The summed E-state index contributed by atoms with van der Waals surface area (Å²) in [4.78, 5) is 18.4. The van der Waals surface area contributed by atoms with Crippen LogP contribution in [0.5, 0.6) is 0 Å². The predicted octanol–water partition coefficient (Wildman–Crippen LogP) is 0.575. The number of anilines is 1. The van der Waals surface area contributed by atoms with Gasteiger partial charge in [-0.2, -0.15) is 0 Å². The van der Waals surface area contributed by atoms with Gasteiger partial charge in [-0.05, 0) is 19.1 Å². The van der Waals surface area contributed by atoms with E-state index in [2.05, 4.69) is 20.5 Å². The molecule has 1 aliphatic rings. The van der Waals surface area contributed by atoms with Crippen molar-refractivity contribution in [1.29, 1.82) is 0 Å². The summed E-state index contributed by atoms with van der Waals surface area (Å²) in [6, 6.07) is 3.61. The van der Waals surface area contributed by atoms with Crippen LogP contribution in [0.15, 0.2) is 18.3 Å². The Balaban J connectivity index is 1.73. The second-order valence-corrected chi connectivity index (χ2v) is 4.67. The summed E-state index contributed by atoms with van der Waals surface area (Å²) in [5, 5.41) is 6.01. The molecule has 2 N–H and O–H groups in total. The van der Waals surface area contributed by atoms with Crippen LogP contribution >= 0.6 is 0 Å². The average Bonchev–Trinajstić information content (AvgIpc) is 2.49. The highest BCUT2D eigenvalue weighted by Gasteiger charge is 2.11. The fourth-order valence-corrected chi connectivity index (χ4v) is 2.07. The highest BCUT2D eigenvalue weighted by atomic mass is 16.5. The number of hydrogen-bond donors (Lipinski definition) is 2. The maximum atomic E-state index is 11.9. The second-order valence-electron chi connectivity index (χ2n) is 4.67. The normalized spacial score (nSPS) is 15.8. The summed E-state index contributed by atoms with van der Waals surface area (Å²) in [6.07, 6.45) is 1.60. The standard InChI is InChI=1S/C14H22N4O2/c1-2-15-13-4-3-12(11-17-13)14(19)16-5-6-18-7-9-20-10-8-18/h3-4,11H,2,5-10H2,1H3,(H,15,17)(H,16,19). The first kappa shape index (κ1) is 14.7. The number of nitrogens with one attached hydrogen (secondary N) is 2. The number of aromatic nitrogens is 1. The number of carbonyl (C=O) groups is 1. The molecule has 0 atom stereocenters. The molecule has 110 valence electrons. The number of morpholine rings is 1. The molecule has 2 rings (SSSR count). The van der Waals surface area contributed by atoms with Gasteiger partial charge in [-0.3, -0.25) is 9.69 Å². The van der Waals surface area contributed by atoms with Crippen LogP contribution in [0.3, 0.4) is 0 Å². The number of ether oxygens (including phenoxy) is 1. The molecule has 0 bridgehead atoms. The van der Waals surface area contributed by atoms with Crippen molar-refractivity contribution in [3.63, 3.8) is 0 Å². The van der Waals surface area contributed by atoms with E-state index in [1.54, 1.807) is 12.3 Å². The minimum absolute atomic E-state index is 0.0752. The van der Waals surface area contributed by atoms with Crippen LogP contribution in [0.25, 0.3) is 0 Å². The smallest absolute Gasteiger partial charge is 0.252 e. The van der Waals surface area contributed by atoms with E-state index in [9.17, 15) is 4.79 Å². The summed E-state index contributed by atoms with van der Waals surface area (Å²) in [5.41, 5.74) is 0.591. The number of amides is 1. The third-order valence-corrected chi connectivity index (χ3v) is 3.20. The Hall–Kier alpha value is -1.66. The predicted molar refractivity (Wildman–Crippen MR) is 78.0 cm³/mol. The molecule has 0 radical (unpaired) electrons. The number of hydrogen-bond acceptors (Lipinski definition) is 5. The van der Waals surface area contributed by atoms with Gasteiger partial charge < -0.3 is 15.4 Å². The SMILES string of the molecule is CCNc1ccc(C(=O)NCCN2CCOCC2)cn1. The van der Waals surface area contributed by atoms with E-state index in [1.807, 2.05) is 13.0 Å². The summed E-state index contributed by atoms with van der Waals surface area (Å²) < 4.78 is 5.28. The van der Waals surface area contributed by atoms with Crippen molar-refractivity contribution >= 4 is 11.7 Å². The molecule has 1 aromatic rings. The Kier molecular flexibility index (Phi) is 5.76. The zero-order chi connectivity index (χ0) is 14.2. The topological polar surface area (TPSA) is 66.5 Å². The van der Waals surface area contributed by atoms with Crippen LogP contribution in [0, 0.1) is 0 Å². The van der Waals surface area contributed by atoms with Crippen LogP contribution in [0.2, 0.25) is 0 Å². The maximum Gasteiger partial charge on any atom is 0.252 e. The lowest BCUT2D eigenvalue weighted by Crippen LogP contribution is -2.41. The summed E-state index contributed by atoms with van der Waals surface area (Å²) in [5.74, 6) is 0.714. The largest absolute Gasteiger partial charge is 0.379 e. The van der Waals surface area contributed by atoms with Gasteiger partial charge >= 0.3 is 0 Å². The Bertz CT molecular complexity index is 416. The minimum Gasteiger partial charge on any atom is -0.379 e. The molecule has 1 amide bonds. The van der Waals surface area contributed by atoms with Gasteiger partial charge in [0.15, 0.2) is 0 Å². The van der Waals surface area contributed by atoms with E-state index < -0.39 is 0 Å². The maximum absolute atomic E-state index is 11.9. The zero-order valence-electron chi connectivity index (χ0n) is 11.9. The van der Waals surface area contributed by atoms with Crippen molar-refractivity contribution in [2.75, 3.05) is 51.3 Å². The van der Waals surface area contributed by atoms with E-state index in [-0.39, 0.29) is 5.91 Å². The molecule has 1 fully saturated rings. The molecule has 2 heterocycles. The van der Waals surface area contributed by atoms with Gasteiger partial charge in [0.1, 0.15) is 5.82 Å². The van der Waals surface area contributed by atoms with Crippen LogP contribution < -0.4 is 10.6 Å². The fraction of sp³-hybridized carbons (Fsp3) is 0.571. The Morgan fingerprint density at radius 1 is 1.40 bits per heavy atom. The highest BCUT2D eigenvalue weighted by Crippen LogP contribution is 2.04. The van der Waals surface area contributed by atoms with Crippen molar-refractivity contribution in [1.82, 2.24) is 15.2 Å². The molecule has 20 heavy (non-hydrogen) atoms. The Morgan fingerprint density at radius 2 is 2.20 bits per heavy atom. The molecular formula is C14H22N4O2. The van der Waals surface area contributed by atoms with E-state index in [4.69, 9.17) is 4.74 Å². The van der Waals surface area contributed by atoms with Crippen LogP contribution in [-0.4, -0.2) is 61.7 Å². The summed E-state index contributed by atoms with van der Waals surface area (Å²) in [7, 11) is 0. The molecule has 1 aliphatic heterocycles.